The van der Waals surface area contributed by atoms with Gasteiger partial charge in [0, 0.05) is 24.5 Å². The van der Waals surface area contributed by atoms with Gasteiger partial charge in [-0.3, -0.25) is 14.5 Å². The van der Waals surface area contributed by atoms with Crippen LogP contribution in [0.4, 0.5) is 14.5 Å². The van der Waals surface area contributed by atoms with Crippen LogP contribution in [0.5, 0.6) is 0 Å². The van der Waals surface area contributed by atoms with E-state index in [9.17, 15) is 13.6 Å². The van der Waals surface area contributed by atoms with Gasteiger partial charge in [-0.15, -0.1) is 0 Å². The molecule has 1 unspecified atom stereocenters. The maximum Gasteiger partial charge on any atom is 0.280 e. The van der Waals surface area contributed by atoms with Crippen molar-refractivity contribution in [2.24, 2.45) is 0 Å². The van der Waals surface area contributed by atoms with E-state index in [1.54, 1.807) is 4.57 Å². The van der Waals surface area contributed by atoms with Crippen LogP contribution in [0.15, 0.2) is 29.3 Å². The monoisotopic (exact) mass is 414 g/mol. The summed E-state index contributed by atoms with van der Waals surface area (Å²) in [5.41, 5.74) is 0.812. The van der Waals surface area contributed by atoms with Crippen LogP contribution in [0, 0.1) is 0 Å². The molecule has 2 aromatic heterocycles. The molecular weight excluding hydrogens is 398 g/mol. The molecule has 10 heteroatoms. The summed E-state index contributed by atoms with van der Waals surface area (Å²) in [7, 11) is 0. The third-order valence-electron chi connectivity index (χ3n) is 3.88. The van der Waals surface area contributed by atoms with Crippen LogP contribution in [0.25, 0.3) is 6.08 Å². The van der Waals surface area contributed by atoms with Gasteiger partial charge in [-0.2, -0.15) is 0 Å². The number of pyridine rings is 1. The third kappa shape index (κ3) is 4.16. The quantitative estimate of drug-likeness (QED) is 0.602. The fraction of sp³-hybridized carbons (Fsp3) is 0.294. The Morgan fingerprint density at radius 1 is 1.52 bits per heavy atom. The number of halogens is 3. The molecule has 6 nitrogen and oxygen atoms in total. The normalized spacial score (nSPS) is 13.9. The maximum absolute atomic E-state index is 12.8. The summed E-state index contributed by atoms with van der Waals surface area (Å²) in [6.45, 7) is 2.25. The summed E-state index contributed by atoms with van der Waals surface area (Å²) < 4.78 is 30.4. The highest BCUT2D eigenvalue weighted by Gasteiger charge is 2.27. The van der Waals surface area contributed by atoms with Crippen LogP contribution in [0.3, 0.4) is 0 Å². The number of fused-ring (bicyclic) bond motifs is 1. The van der Waals surface area contributed by atoms with Gasteiger partial charge in [0.15, 0.2) is 0 Å². The Bertz CT molecular complexity index is 888. The van der Waals surface area contributed by atoms with Crippen molar-refractivity contribution in [1.82, 2.24) is 14.3 Å². The molecule has 3 rings (SSSR count). The summed E-state index contributed by atoms with van der Waals surface area (Å²) in [6, 6.07) is 2.40. The summed E-state index contributed by atoms with van der Waals surface area (Å²) >= 11 is 7.68. The zero-order chi connectivity index (χ0) is 19.6. The number of carbonyl (C=O) groups is 1. The molecular formula is C17H17ClF2N4O2S. The number of anilines is 1. The van der Waals surface area contributed by atoms with Crippen molar-refractivity contribution in [3.8, 4) is 0 Å². The number of carbonyl (C=O) groups excluding carboxylic acids is 1. The van der Waals surface area contributed by atoms with Crippen molar-refractivity contribution in [1.29, 1.82) is 0 Å². The number of nitrogens with one attached hydrogen (secondary N) is 2. The fourth-order valence-electron chi connectivity index (χ4n) is 2.56. The molecule has 1 aliphatic rings. The second-order valence-corrected chi connectivity index (χ2v) is 7.14. The number of hydrogen-bond acceptors (Lipinski definition) is 5. The number of allylic oxidation sites excluding steroid dienone is 1. The lowest BCUT2D eigenvalue weighted by Gasteiger charge is -2.09. The molecule has 0 aromatic carbocycles. The van der Waals surface area contributed by atoms with Crippen LogP contribution >= 0.6 is 23.5 Å². The Balaban J connectivity index is 1.86. The van der Waals surface area contributed by atoms with Crippen molar-refractivity contribution in [3.63, 3.8) is 0 Å². The lowest BCUT2D eigenvalue weighted by molar-refractivity contribution is 0.101. The van der Waals surface area contributed by atoms with E-state index < -0.39 is 18.0 Å². The van der Waals surface area contributed by atoms with Crippen LogP contribution in [0.2, 0.25) is 5.02 Å². The van der Waals surface area contributed by atoms with Gasteiger partial charge in [-0.25, -0.2) is 8.78 Å². The van der Waals surface area contributed by atoms with Gasteiger partial charge < -0.3 is 15.0 Å². The molecule has 0 aliphatic carbocycles. The number of amides is 1. The lowest BCUT2D eigenvalue weighted by atomic mass is 10.3. The van der Waals surface area contributed by atoms with Crippen LogP contribution in [-0.4, -0.2) is 33.2 Å². The second kappa shape index (κ2) is 8.39. The average Bonchev–Trinajstić information content (AvgIpc) is 3.20. The van der Waals surface area contributed by atoms with Gasteiger partial charge in [0.1, 0.15) is 11.4 Å². The van der Waals surface area contributed by atoms with Crippen molar-refractivity contribution < 1.29 is 18.7 Å². The minimum atomic E-state index is -2.73. The first kappa shape index (κ1) is 19.8. The van der Waals surface area contributed by atoms with Gasteiger partial charge in [0.05, 0.1) is 22.2 Å². The van der Waals surface area contributed by atoms with Crippen molar-refractivity contribution in [2.75, 3.05) is 11.9 Å². The number of rotatable bonds is 7. The third-order valence-corrected chi connectivity index (χ3v) is 5.50. The maximum atomic E-state index is 12.8. The molecule has 0 saturated heterocycles. The molecule has 0 spiro atoms. The molecule has 1 aliphatic heterocycles. The largest absolute Gasteiger partial charge is 0.395 e. The zero-order valence-corrected chi connectivity index (χ0v) is 15.8. The van der Waals surface area contributed by atoms with Crippen molar-refractivity contribution in [3.05, 3.63) is 46.5 Å². The Labute approximate surface area is 163 Å². The van der Waals surface area contributed by atoms with Crippen molar-refractivity contribution in [2.45, 2.75) is 30.8 Å². The first-order valence-electron chi connectivity index (χ1n) is 8.09. The van der Waals surface area contributed by atoms with E-state index in [2.05, 4.69) is 15.0 Å². The predicted octanol–water partition coefficient (Wildman–Crippen LogP) is 3.73. The smallest absolute Gasteiger partial charge is 0.280 e. The number of aliphatic hydroxyl groups excluding tert-OH is 1. The van der Waals surface area contributed by atoms with Gasteiger partial charge in [-0.05, 0) is 37.1 Å². The summed E-state index contributed by atoms with van der Waals surface area (Å²) in [5.74, 6) is -0.501. The Kier molecular flexibility index (Phi) is 6.15. The zero-order valence-electron chi connectivity index (χ0n) is 14.2. The molecule has 0 saturated carbocycles. The van der Waals surface area contributed by atoms with Crippen LogP contribution < -0.4 is 10.0 Å². The lowest BCUT2D eigenvalue weighted by Crippen LogP contribution is -2.22. The Morgan fingerprint density at radius 2 is 2.30 bits per heavy atom. The summed E-state index contributed by atoms with van der Waals surface area (Å²) in [5, 5.41) is 12.0. The molecule has 3 heterocycles. The number of aliphatic hydroxyl groups is 1. The SMILES string of the molecule is CC(CO)NSc1c(Cl)c(C(=O)Nc2ccnc(C(F)F)c2)n2c1C=CC2. The number of alkyl halides is 2. The molecule has 2 aromatic rings. The van der Waals surface area contributed by atoms with Gasteiger partial charge >= 0.3 is 0 Å². The minimum absolute atomic E-state index is 0.0433. The molecule has 1 amide bonds. The standard InChI is InChI=1S/C17H17ClF2N4O2S/c1-9(8-25)23-27-15-12-3-2-6-24(12)14(13(15)18)17(26)22-10-4-5-21-11(7-10)16(19)20/h2-5,7,9,16,23,25H,6,8H2,1H3,(H,21,22,26). The fourth-order valence-corrected chi connectivity index (χ4v) is 3.82. The van der Waals surface area contributed by atoms with E-state index >= 15 is 0 Å². The summed E-state index contributed by atoms with van der Waals surface area (Å²) in [4.78, 5) is 17.0. The first-order valence-corrected chi connectivity index (χ1v) is 9.29. The highest BCUT2D eigenvalue weighted by molar-refractivity contribution is 7.97. The van der Waals surface area contributed by atoms with Gasteiger partial charge in [-0.1, -0.05) is 17.7 Å². The van der Waals surface area contributed by atoms with Crippen LogP contribution in [-0.2, 0) is 6.54 Å². The van der Waals surface area contributed by atoms with Crippen molar-refractivity contribution >= 4 is 41.2 Å². The number of aromatic nitrogens is 2. The molecule has 144 valence electrons. The van der Waals surface area contributed by atoms with E-state index in [0.717, 1.165) is 11.8 Å². The number of hydrogen-bond donors (Lipinski definition) is 3. The molecule has 1 atom stereocenters. The molecule has 27 heavy (non-hydrogen) atoms. The van der Waals surface area contributed by atoms with Crippen LogP contribution in [0.1, 0.15) is 35.2 Å². The molecule has 0 bridgehead atoms. The highest BCUT2D eigenvalue weighted by Crippen LogP contribution is 2.38. The topological polar surface area (TPSA) is 79.2 Å². The van der Waals surface area contributed by atoms with Gasteiger partial charge in [0.2, 0.25) is 0 Å². The van der Waals surface area contributed by atoms with E-state index in [1.807, 2.05) is 19.1 Å². The van der Waals surface area contributed by atoms with E-state index in [-0.39, 0.29) is 29.1 Å². The summed E-state index contributed by atoms with van der Waals surface area (Å²) in [6.07, 6.45) is 2.24. The van der Waals surface area contributed by atoms with E-state index in [4.69, 9.17) is 16.7 Å². The second-order valence-electron chi connectivity index (χ2n) is 5.92. The molecule has 0 radical (unpaired) electrons. The predicted molar refractivity (Wildman–Crippen MR) is 101 cm³/mol. The first-order chi connectivity index (χ1) is 12.9. The Morgan fingerprint density at radius 3 is 3.00 bits per heavy atom. The minimum Gasteiger partial charge on any atom is -0.395 e. The van der Waals surface area contributed by atoms with Gasteiger partial charge in [0.25, 0.3) is 12.3 Å². The molecule has 3 N–H and O–H groups in total. The molecule has 0 fully saturated rings. The van der Waals surface area contributed by atoms with E-state index in [1.165, 1.54) is 24.2 Å². The Hall–Kier alpha value is -1.94. The average molecular weight is 415 g/mol. The highest BCUT2D eigenvalue weighted by atomic mass is 35.5. The van der Waals surface area contributed by atoms with E-state index in [0.29, 0.717) is 11.4 Å². The number of nitrogens with zero attached hydrogens (tertiary/aromatic N) is 2.